The van der Waals surface area contributed by atoms with Gasteiger partial charge in [0.15, 0.2) is 0 Å². The molecule has 1 aliphatic heterocycles. The maximum atomic E-state index is 12.5. The number of Topliss-reactive ketones (excluding diaryl/α,β-unsaturated/α-hetero) is 1. The Balaban J connectivity index is 1.89. The van der Waals surface area contributed by atoms with Crippen LogP contribution in [0.2, 0.25) is 0 Å². The minimum atomic E-state index is -0.693. The van der Waals surface area contributed by atoms with E-state index in [2.05, 4.69) is 23.6 Å². The van der Waals surface area contributed by atoms with Crippen LogP contribution in [0.4, 0.5) is 5.69 Å². The fourth-order valence-corrected chi connectivity index (χ4v) is 3.78. The van der Waals surface area contributed by atoms with E-state index in [0.29, 0.717) is 17.8 Å². The van der Waals surface area contributed by atoms with E-state index in [4.69, 9.17) is 4.74 Å². The minimum Gasteiger partial charge on any atom is -0.468 e. The SMILES string of the molecule is CCc1cc2c3c(ccc2n1Cc1ccccc1)C(=O)C(=O)N3CC(=O)OC. The van der Waals surface area contributed by atoms with Crippen molar-refractivity contribution in [3.05, 3.63) is 65.4 Å². The van der Waals surface area contributed by atoms with Gasteiger partial charge in [-0.1, -0.05) is 37.3 Å². The van der Waals surface area contributed by atoms with E-state index in [1.54, 1.807) is 6.07 Å². The lowest BCUT2D eigenvalue weighted by atomic mass is 10.1. The number of hydrogen-bond donors (Lipinski definition) is 0. The summed E-state index contributed by atoms with van der Waals surface area (Å²) >= 11 is 0. The van der Waals surface area contributed by atoms with Gasteiger partial charge in [-0.25, -0.2) is 0 Å². The molecule has 0 saturated carbocycles. The number of carbonyl (C=O) groups excluding carboxylic acids is 3. The second-order valence-electron chi connectivity index (χ2n) is 6.75. The van der Waals surface area contributed by atoms with Crippen LogP contribution in [-0.2, 0) is 27.3 Å². The number of aryl methyl sites for hydroxylation is 1. The van der Waals surface area contributed by atoms with E-state index in [-0.39, 0.29) is 6.54 Å². The molecule has 0 radical (unpaired) electrons. The van der Waals surface area contributed by atoms with E-state index >= 15 is 0 Å². The highest BCUT2D eigenvalue weighted by Gasteiger charge is 2.39. The van der Waals surface area contributed by atoms with Crippen molar-refractivity contribution in [1.82, 2.24) is 4.57 Å². The molecule has 6 nitrogen and oxygen atoms in total. The van der Waals surface area contributed by atoms with Gasteiger partial charge in [-0.05, 0) is 30.2 Å². The normalized spacial score (nSPS) is 13.3. The van der Waals surface area contributed by atoms with Gasteiger partial charge in [-0.15, -0.1) is 0 Å². The highest BCUT2D eigenvalue weighted by molar-refractivity contribution is 6.53. The zero-order valence-electron chi connectivity index (χ0n) is 15.8. The third-order valence-electron chi connectivity index (χ3n) is 5.16. The molecule has 1 aromatic heterocycles. The molecule has 0 spiro atoms. The highest BCUT2D eigenvalue weighted by atomic mass is 16.5. The molecule has 0 fully saturated rings. The summed E-state index contributed by atoms with van der Waals surface area (Å²) in [6.07, 6.45) is 0.801. The lowest BCUT2D eigenvalue weighted by Gasteiger charge is -2.16. The van der Waals surface area contributed by atoms with Gasteiger partial charge in [0.2, 0.25) is 0 Å². The smallest absolute Gasteiger partial charge is 0.325 e. The first-order valence-electron chi connectivity index (χ1n) is 9.17. The number of methoxy groups -OCH3 is 1. The van der Waals surface area contributed by atoms with Crippen molar-refractivity contribution in [2.24, 2.45) is 0 Å². The molecule has 0 aliphatic carbocycles. The van der Waals surface area contributed by atoms with Crippen LogP contribution in [0.25, 0.3) is 10.9 Å². The highest BCUT2D eigenvalue weighted by Crippen LogP contribution is 2.38. The Morgan fingerprint density at radius 3 is 2.50 bits per heavy atom. The van der Waals surface area contributed by atoms with Crippen molar-refractivity contribution in [3.63, 3.8) is 0 Å². The quantitative estimate of drug-likeness (QED) is 0.507. The van der Waals surface area contributed by atoms with Crippen molar-refractivity contribution in [2.75, 3.05) is 18.6 Å². The Hall–Kier alpha value is -3.41. The van der Waals surface area contributed by atoms with Gasteiger partial charge in [0.05, 0.1) is 23.9 Å². The summed E-state index contributed by atoms with van der Waals surface area (Å²) in [6.45, 7) is 2.47. The van der Waals surface area contributed by atoms with Crippen LogP contribution in [0, 0.1) is 0 Å². The molecule has 1 amide bonds. The van der Waals surface area contributed by atoms with Gasteiger partial charge in [-0.3, -0.25) is 19.3 Å². The van der Waals surface area contributed by atoms with Crippen LogP contribution >= 0.6 is 0 Å². The Morgan fingerprint density at radius 1 is 1.07 bits per heavy atom. The number of aromatic nitrogens is 1. The number of amides is 1. The van der Waals surface area contributed by atoms with Crippen molar-refractivity contribution in [1.29, 1.82) is 0 Å². The molecule has 0 saturated heterocycles. The fraction of sp³-hybridized carbons (Fsp3) is 0.227. The van der Waals surface area contributed by atoms with E-state index in [0.717, 1.165) is 28.6 Å². The summed E-state index contributed by atoms with van der Waals surface area (Å²) in [7, 11) is 1.26. The van der Waals surface area contributed by atoms with E-state index < -0.39 is 17.7 Å². The van der Waals surface area contributed by atoms with E-state index in [1.165, 1.54) is 12.0 Å². The van der Waals surface area contributed by atoms with Crippen LogP contribution in [-0.4, -0.2) is 35.9 Å². The summed E-state index contributed by atoms with van der Waals surface area (Å²) < 4.78 is 6.89. The molecular formula is C22H20N2O4. The first-order chi connectivity index (χ1) is 13.5. The van der Waals surface area contributed by atoms with Crippen LogP contribution in [0.3, 0.4) is 0 Å². The summed E-state index contributed by atoms with van der Waals surface area (Å²) in [4.78, 5) is 37.9. The van der Waals surface area contributed by atoms with E-state index in [1.807, 2.05) is 30.3 Å². The zero-order valence-corrected chi connectivity index (χ0v) is 15.8. The van der Waals surface area contributed by atoms with Crippen LogP contribution < -0.4 is 4.90 Å². The molecule has 3 aromatic rings. The Labute approximate surface area is 162 Å². The van der Waals surface area contributed by atoms with E-state index in [9.17, 15) is 14.4 Å². The molecular weight excluding hydrogens is 356 g/mol. The first kappa shape index (κ1) is 18.0. The van der Waals surface area contributed by atoms with Crippen molar-refractivity contribution in [3.8, 4) is 0 Å². The van der Waals surface area contributed by atoms with Crippen molar-refractivity contribution in [2.45, 2.75) is 19.9 Å². The molecule has 2 aromatic carbocycles. The average molecular weight is 376 g/mol. The Morgan fingerprint density at radius 2 is 1.82 bits per heavy atom. The number of ether oxygens (including phenoxy) is 1. The second kappa shape index (κ2) is 6.96. The molecule has 1 aliphatic rings. The molecule has 6 heteroatoms. The molecule has 142 valence electrons. The number of esters is 1. The number of carbonyl (C=O) groups is 3. The van der Waals surface area contributed by atoms with Crippen LogP contribution in [0.15, 0.2) is 48.5 Å². The molecule has 2 heterocycles. The molecule has 0 bridgehead atoms. The van der Waals surface area contributed by atoms with Crippen molar-refractivity contribution < 1.29 is 19.1 Å². The summed E-state index contributed by atoms with van der Waals surface area (Å²) in [5.74, 6) is -1.85. The zero-order chi connectivity index (χ0) is 19.8. The number of anilines is 1. The third-order valence-corrected chi connectivity index (χ3v) is 5.16. The standard InChI is InChI=1S/C22H20N2O4/c1-3-15-11-17-18(23(15)12-14-7-5-4-6-8-14)10-9-16-20(17)24(13-19(25)28-2)22(27)21(16)26/h4-11H,3,12-13H2,1-2H3. The van der Waals surface area contributed by atoms with Gasteiger partial charge in [0.25, 0.3) is 11.7 Å². The van der Waals surface area contributed by atoms with Crippen molar-refractivity contribution >= 4 is 34.3 Å². The maximum absolute atomic E-state index is 12.5. The predicted molar refractivity (Wildman–Crippen MR) is 106 cm³/mol. The number of ketones is 1. The second-order valence-corrected chi connectivity index (χ2v) is 6.75. The maximum Gasteiger partial charge on any atom is 0.325 e. The third kappa shape index (κ3) is 2.78. The monoisotopic (exact) mass is 376 g/mol. The van der Waals surface area contributed by atoms with Gasteiger partial charge in [-0.2, -0.15) is 0 Å². The molecule has 0 atom stereocenters. The van der Waals surface area contributed by atoms with Crippen LogP contribution in [0.1, 0.15) is 28.5 Å². The molecule has 0 unspecified atom stereocenters. The number of benzene rings is 2. The van der Waals surface area contributed by atoms with Gasteiger partial charge < -0.3 is 9.30 Å². The summed E-state index contributed by atoms with van der Waals surface area (Å²) in [6, 6.07) is 15.7. The topological polar surface area (TPSA) is 68.6 Å². The molecule has 28 heavy (non-hydrogen) atoms. The first-order valence-corrected chi connectivity index (χ1v) is 9.17. The Bertz CT molecular complexity index is 1100. The summed E-state index contributed by atoms with van der Waals surface area (Å²) in [5, 5.41) is 0.799. The molecule has 0 N–H and O–H groups in total. The predicted octanol–water partition coefficient (Wildman–Crippen LogP) is 2.95. The molecule has 4 rings (SSSR count). The van der Waals surface area contributed by atoms with Gasteiger partial charge in [0.1, 0.15) is 6.54 Å². The fourth-order valence-electron chi connectivity index (χ4n) is 3.78. The van der Waals surface area contributed by atoms with Gasteiger partial charge >= 0.3 is 5.97 Å². The number of hydrogen-bond acceptors (Lipinski definition) is 4. The van der Waals surface area contributed by atoms with Gasteiger partial charge in [0, 0.05) is 17.6 Å². The lowest BCUT2D eigenvalue weighted by molar-refractivity contribution is -0.139. The minimum absolute atomic E-state index is 0.279. The lowest BCUT2D eigenvalue weighted by Crippen LogP contribution is -2.35. The number of nitrogens with zero attached hydrogens (tertiary/aromatic N) is 2. The number of rotatable bonds is 5. The number of fused-ring (bicyclic) bond motifs is 3. The van der Waals surface area contributed by atoms with Crippen LogP contribution in [0.5, 0.6) is 0 Å². The summed E-state index contributed by atoms with van der Waals surface area (Å²) in [5.41, 5.74) is 4.02. The average Bonchev–Trinajstić information content (AvgIpc) is 3.19. The largest absolute Gasteiger partial charge is 0.468 e. The Kier molecular flexibility index (Phi) is 4.47.